The van der Waals surface area contributed by atoms with Gasteiger partial charge in [-0.05, 0) is 56.7 Å². The first-order valence-corrected chi connectivity index (χ1v) is 8.85. The predicted molar refractivity (Wildman–Crippen MR) is 103 cm³/mol. The molecule has 0 saturated carbocycles. The lowest BCUT2D eigenvalue weighted by Crippen LogP contribution is -2.22. The van der Waals surface area contributed by atoms with Crippen molar-refractivity contribution in [3.8, 4) is 0 Å². The third-order valence-electron chi connectivity index (χ3n) is 3.79. The van der Waals surface area contributed by atoms with Crippen LogP contribution in [0.5, 0.6) is 0 Å². The highest BCUT2D eigenvalue weighted by Gasteiger charge is 2.09. The summed E-state index contributed by atoms with van der Waals surface area (Å²) in [5.41, 5.74) is 2.86. The Morgan fingerprint density at radius 3 is 2.56 bits per heavy atom. The molecule has 0 radical (unpaired) electrons. The fourth-order valence-electron chi connectivity index (χ4n) is 2.44. The summed E-state index contributed by atoms with van der Waals surface area (Å²) in [4.78, 5) is 25.2. The standard InChI is InChI=1S/C18H21N3O3S/c1-4-20(5-2)14-6-9-16(13(3)12-14)19-17(22)10-7-15-8-11-18(25-15)21(23)24/h6-12H,4-5H2,1-3H3,(H,19,22)/b10-7+. The van der Waals surface area contributed by atoms with Crippen LogP contribution in [0.25, 0.3) is 6.08 Å². The van der Waals surface area contributed by atoms with E-state index >= 15 is 0 Å². The molecule has 2 rings (SSSR count). The average Bonchev–Trinajstić information content (AvgIpc) is 3.06. The Kier molecular flexibility index (Phi) is 6.30. The number of nitro groups is 1. The van der Waals surface area contributed by atoms with E-state index in [-0.39, 0.29) is 10.9 Å². The summed E-state index contributed by atoms with van der Waals surface area (Å²) in [7, 11) is 0. The maximum absolute atomic E-state index is 12.1. The van der Waals surface area contributed by atoms with E-state index in [2.05, 4.69) is 30.1 Å². The summed E-state index contributed by atoms with van der Waals surface area (Å²) in [5.74, 6) is -0.269. The van der Waals surface area contributed by atoms with Gasteiger partial charge >= 0.3 is 5.00 Å². The van der Waals surface area contributed by atoms with Gasteiger partial charge in [0, 0.05) is 41.5 Å². The zero-order chi connectivity index (χ0) is 18.4. The number of nitrogens with one attached hydrogen (secondary N) is 1. The van der Waals surface area contributed by atoms with Crippen LogP contribution in [0, 0.1) is 17.0 Å². The Bertz CT molecular complexity index is 795. The number of rotatable bonds is 7. The molecule has 6 nitrogen and oxygen atoms in total. The van der Waals surface area contributed by atoms with Gasteiger partial charge < -0.3 is 10.2 Å². The van der Waals surface area contributed by atoms with E-state index < -0.39 is 4.92 Å². The van der Waals surface area contributed by atoms with Gasteiger partial charge in [-0.15, -0.1) is 0 Å². The van der Waals surface area contributed by atoms with Crippen molar-refractivity contribution in [3.63, 3.8) is 0 Å². The zero-order valence-corrected chi connectivity index (χ0v) is 15.3. The third kappa shape index (κ3) is 4.90. The van der Waals surface area contributed by atoms with Gasteiger partial charge in [-0.2, -0.15) is 0 Å². The fraction of sp³-hybridized carbons (Fsp3) is 0.278. The van der Waals surface area contributed by atoms with E-state index in [0.29, 0.717) is 4.88 Å². The van der Waals surface area contributed by atoms with Crippen LogP contribution in [0.1, 0.15) is 24.3 Å². The summed E-state index contributed by atoms with van der Waals surface area (Å²) in [6.45, 7) is 8.02. The van der Waals surface area contributed by atoms with Gasteiger partial charge in [0.25, 0.3) is 0 Å². The van der Waals surface area contributed by atoms with Crippen LogP contribution in [-0.4, -0.2) is 23.9 Å². The summed E-state index contributed by atoms with van der Waals surface area (Å²) in [6.07, 6.45) is 2.96. The monoisotopic (exact) mass is 359 g/mol. The summed E-state index contributed by atoms with van der Waals surface area (Å²) in [6, 6.07) is 8.98. The molecular formula is C18H21N3O3S. The zero-order valence-electron chi connectivity index (χ0n) is 14.5. The molecular weight excluding hydrogens is 338 g/mol. The van der Waals surface area contributed by atoms with Crippen LogP contribution in [0.3, 0.4) is 0 Å². The molecule has 132 valence electrons. The van der Waals surface area contributed by atoms with Gasteiger partial charge in [0.1, 0.15) is 0 Å². The first-order valence-electron chi connectivity index (χ1n) is 8.03. The van der Waals surface area contributed by atoms with Gasteiger partial charge in [0.05, 0.1) is 4.92 Å². The molecule has 25 heavy (non-hydrogen) atoms. The minimum absolute atomic E-state index is 0.0582. The SMILES string of the molecule is CCN(CC)c1ccc(NC(=O)/C=C/c2ccc([N+](=O)[O-])s2)c(C)c1. The van der Waals surface area contributed by atoms with Crippen LogP contribution in [0.2, 0.25) is 0 Å². The van der Waals surface area contributed by atoms with E-state index in [1.165, 1.54) is 12.1 Å². The highest BCUT2D eigenvalue weighted by molar-refractivity contribution is 7.16. The Morgan fingerprint density at radius 2 is 2.00 bits per heavy atom. The molecule has 2 aromatic rings. The minimum atomic E-state index is -0.442. The summed E-state index contributed by atoms with van der Waals surface area (Å²) in [5, 5.41) is 13.6. The number of benzene rings is 1. The molecule has 1 amide bonds. The number of nitrogens with zero attached hydrogens (tertiary/aromatic N) is 2. The van der Waals surface area contributed by atoms with E-state index in [1.807, 2.05) is 19.1 Å². The molecule has 0 aliphatic rings. The number of aryl methyl sites for hydroxylation is 1. The molecule has 1 N–H and O–H groups in total. The molecule has 0 fully saturated rings. The highest BCUT2D eigenvalue weighted by atomic mass is 32.1. The number of hydrogen-bond donors (Lipinski definition) is 1. The van der Waals surface area contributed by atoms with E-state index in [1.54, 1.807) is 12.1 Å². The van der Waals surface area contributed by atoms with Crippen LogP contribution in [0.4, 0.5) is 16.4 Å². The lowest BCUT2D eigenvalue weighted by Gasteiger charge is -2.22. The smallest absolute Gasteiger partial charge is 0.324 e. The van der Waals surface area contributed by atoms with Gasteiger partial charge in [-0.3, -0.25) is 14.9 Å². The van der Waals surface area contributed by atoms with Crippen molar-refractivity contribution in [2.75, 3.05) is 23.3 Å². The Balaban J connectivity index is 2.04. The second-order valence-electron chi connectivity index (χ2n) is 5.43. The third-order valence-corrected chi connectivity index (χ3v) is 4.79. The lowest BCUT2D eigenvalue weighted by atomic mass is 10.1. The van der Waals surface area contributed by atoms with Crippen molar-refractivity contribution in [1.29, 1.82) is 0 Å². The Hall–Kier alpha value is -2.67. The molecule has 1 heterocycles. The molecule has 0 atom stereocenters. The molecule has 1 aromatic carbocycles. The maximum Gasteiger partial charge on any atom is 0.324 e. The number of carbonyl (C=O) groups excluding carboxylic acids is 1. The van der Waals surface area contributed by atoms with Crippen molar-refractivity contribution < 1.29 is 9.72 Å². The fourth-order valence-corrected chi connectivity index (χ4v) is 3.16. The Morgan fingerprint density at radius 1 is 1.28 bits per heavy atom. The average molecular weight is 359 g/mol. The number of anilines is 2. The quantitative estimate of drug-likeness (QED) is 0.450. The number of amides is 1. The molecule has 0 bridgehead atoms. The van der Waals surface area contributed by atoms with Gasteiger partial charge in [-0.1, -0.05) is 11.3 Å². The number of thiophene rings is 1. The van der Waals surface area contributed by atoms with Crippen molar-refractivity contribution in [1.82, 2.24) is 0 Å². The predicted octanol–water partition coefficient (Wildman–Crippen LogP) is 4.46. The molecule has 1 aromatic heterocycles. The van der Waals surface area contributed by atoms with E-state index in [9.17, 15) is 14.9 Å². The normalized spacial score (nSPS) is 10.8. The van der Waals surface area contributed by atoms with Crippen molar-refractivity contribution in [2.45, 2.75) is 20.8 Å². The topological polar surface area (TPSA) is 75.5 Å². The van der Waals surface area contributed by atoms with Crippen molar-refractivity contribution >= 4 is 39.7 Å². The first-order chi connectivity index (χ1) is 11.9. The molecule has 0 saturated heterocycles. The van der Waals surface area contributed by atoms with Crippen molar-refractivity contribution in [2.24, 2.45) is 0 Å². The molecule has 7 heteroatoms. The largest absolute Gasteiger partial charge is 0.372 e. The van der Waals surface area contributed by atoms with Crippen LogP contribution in [0.15, 0.2) is 36.4 Å². The lowest BCUT2D eigenvalue weighted by molar-refractivity contribution is -0.380. The summed E-state index contributed by atoms with van der Waals surface area (Å²) >= 11 is 1.03. The molecule has 0 spiro atoms. The molecule has 0 aliphatic heterocycles. The van der Waals surface area contributed by atoms with Gasteiger partial charge in [0.2, 0.25) is 5.91 Å². The van der Waals surface area contributed by atoms with Gasteiger partial charge in [-0.25, -0.2) is 0 Å². The first kappa shape index (κ1) is 18.7. The van der Waals surface area contributed by atoms with Crippen LogP contribution >= 0.6 is 11.3 Å². The second kappa shape index (κ2) is 8.43. The van der Waals surface area contributed by atoms with E-state index in [0.717, 1.165) is 41.4 Å². The highest BCUT2D eigenvalue weighted by Crippen LogP contribution is 2.25. The summed E-state index contributed by atoms with van der Waals surface area (Å²) < 4.78 is 0. The second-order valence-corrected chi connectivity index (χ2v) is 6.52. The van der Waals surface area contributed by atoms with E-state index in [4.69, 9.17) is 0 Å². The van der Waals surface area contributed by atoms with Crippen LogP contribution < -0.4 is 10.2 Å². The minimum Gasteiger partial charge on any atom is -0.372 e. The molecule has 0 aliphatic carbocycles. The number of hydrogen-bond acceptors (Lipinski definition) is 5. The molecule has 0 unspecified atom stereocenters. The Labute approximate surface area is 150 Å². The van der Waals surface area contributed by atoms with Gasteiger partial charge in [0.15, 0.2) is 0 Å². The van der Waals surface area contributed by atoms with Crippen molar-refractivity contribution in [3.05, 3.63) is 57.0 Å². The van der Waals surface area contributed by atoms with Crippen LogP contribution in [-0.2, 0) is 4.79 Å². The number of carbonyl (C=O) groups is 1. The maximum atomic E-state index is 12.1.